The van der Waals surface area contributed by atoms with Gasteiger partial charge in [-0.2, -0.15) is 16.7 Å². The van der Waals surface area contributed by atoms with Crippen LogP contribution in [0.25, 0.3) is 5.57 Å². The normalized spacial score (nSPS) is 28.2. The molecular weight excluding hydrogens is 437 g/mol. The molecule has 0 saturated carbocycles. The van der Waals surface area contributed by atoms with Gasteiger partial charge in [0.1, 0.15) is 18.0 Å². The predicted octanol–water partition coefficient (Wildman–Crippen LogP) is 3.84. The van der Waals surface area contributed by atoms with E-state index in [1.54, 1.807) is 4.90 Å². The van der Waals surface area contributed by atoms with Crippen molar-refractivity contribution in [2.45, 2.75) is 50.8 Å². The van der Waals surface area contributed by atoms with Crippen molar-refractivity contribution in [3.05, 3.63) is 29.7 Å². The van der Waals surface area contributed by atoms with Gasteiger partial charge in [-0.3, -0.25) is 0 Å². The number of hydrogen-bond donors (Lipinski definition) is 0. The second-order valence-electron chi connectivity index (χ2n) is 9.38. The molecule has 32 heavy (non-hydrogen) atoms. The van der Waals surface area contributed by atoms with Crippen molar-refractivity contribution in [2.24, 2.45) is 11.8 Å². The Morgan fingerprint density at radius 3 is 2.66 bits per heavy atom. The summed E-state index contributed by atoms with van der Waals surface area (Å²) >= 11 is 1.48. The van der Waals surface area contributed by atoms with E-state index in [4.69, 9.17) is 18.7 Å². The summed E-state index contributed by atoms with van der Waals surface area (Å²) in [5.74, 6) is 0.608. The minimum Gasteiger partial charge on any atom is -0.444 e. The van der Waals surface area contributed by atoms with Gasteiger partial charge in [-0.25, -0.2) is 9.18 Å². The highest BCUT2D eigenvalue weighted by Gasteiger charge is 2.43. The van der Waals surface area contributed by atoms with Crippen LogP contribution in [0, 0.1) is 11.8 Å². The quantitative estimate of drug-likeness (QED) is 0.646. The first kappa shape index (κ1) is 23.3. The average molecular weight is 468 g/mol. The fraction of sp³-hybridized carbons (Fsp3) is 0.682. The van der Waals surface area contributed by atoms with Crippen molar-refractivity contribution in [3.8, 4) is 0 Å². The highest BCUT2D eigenvalue weighted by atomic mass is 32.2. The van der Waals surface area contributed by atoms with Crippen molar-refractivity contribution >= 4 is 23.4 Å². The van der Waals surface area contributed by atoms with E-state index in [1.807, 2.05) is 33.1 Å². The maximum absolute atomic E-state index is 14.1. The lowest BCUT2D eigenvalue weighted by Crippen LogP contribution is -2.58. The molecule has 2 fully saturated rings. The number of allylic oxidation sites excluding steroid dienone is 3. The number of carbonyl (C=O) groups is 1. The first-order chi connectivity index (χ1) is 15.2. The summed E-state index contributed by atoms with van der Waals surface area (Å²) in [6, 6.07) is 0. The topological polar surface area (TPSA) is 86.9 Å². The molecule has 8 nitrogen and oxygen atoms in total. The van der Waals surface area contributed by atoms with Gasteiger partial charge in [0.15, 0.2) is 0 Å². The van der Waals surface area contributed by atoms with Crippen molar-refractivity contribution in [3.63, 3.8) is 0 Å². The number of rotatable bonds is 5. The number of fused-ring (bicyclic) bond motifs is 2. The Kier molecular flexibility index (Phi) is 6.92. The molecule has 3 atom stereocenters. The van der Waals surface area contributed by atoms with Gasteiger partial charge in [0, 0.05) is 30.5 Å². The Hall–Kier alpha value is -1.91. The maximum atomic E-state index is 14.1. The van der Waals surface area contributed by atoms with Gasteiger partial charge in [-0.15, -0.1) is 0 Å². The van der Waals surface area contributed by atoms with E-state index in [-0.39, 0.29) is 41.7 Å². The molecule has 1 aliphatic carbocycles. The molecule has 176 valence electrons. The van der Waals surface area contributed by atoms with Gasteiger partial charge >= 0.3 is 6.09 Å². The molecule has 1 aromatic rings. The van der Waals surface area contributed by atoms with Gasteiger partial charge in [0.05, 0.1) is 24.6 Å². The van der Waals surface area contributed by atoms with Crippen LogP contribution in [-0.2, 0) is 20.8 Å². The zero-order valence-corrected chi connectivity index (χ0v) is 19.7. The van der Waals surface area contributed by atoms with Crippen LogP contribution in [0.1, 0.15) is 38.9 Å². The third kappa shape index (κ3) is 5.35. The minimum absolute atomic E-state index is 0.0407. The Balaban J connectivity index is 1.35. The van der Waals surface area contributed by atoms with E-state index in [9.17, 15) is 9.18 Å². The third-order valence-corrected chi connectivity index (χ3v) is 6.70. The summed E-state index contributed by atoms with van der Waals surface area (Å²) in [5.41, 5.74) is 0.0900. The molecule has 1 aromatic heterocycles. The monoisotopic (exact) mass is 467 g/mol. The number of aromatic nitrogens is 2. The fourth-order valence-corrected chi connectivity index (χ4v) is 4.84. The third-order valence-electron chi connectivity index (χ3n) is 5.72. The average Bonchev–Trinajstić information content (AvgIpc) is 3.19. The SMILES string of the molecule is CSC1CC=C(c2noc(COC3C4COCC3CN(C(=O)OC(C)(C)C)C4)n2)C=C1F. The molecule has 2 aliphatic heterocycles. The number of likely N-dealkylation sites (tertiary alicyclic amines) is 1. The van der Waals surface area contributed by atoms with Crippen LogP contribution in [0.2, 0.25) is 0 Å². The number of carbonyl (C=O) groups excluding carboxylic acids is 1. The summed E-state index contributed by atoms with van der Waals surface area (Å²) in [6.45, 7) is 7.79. The summed E-state index contributed by atoms with van der Waals surface area (Å²) in [6.07, 6.45) is 5.49. The van der Waals surface area contributed by atoms with E-state index in [1.165, 1.54) is 17.8 Å². The van der Waals surface area contributed by atoms with E-state index in [0.717, 1.165) is 0 Å². The Bertz CT molecular complexity index is 882. The summed E-state index contributed by atoms with van der Waals surface area (Å²) in [7, 11) is 0. The molecule has 3 heterocycles. The van der Waals surface area contributed by atoms with Gasteiger partial charge in [-0.1, -0.05) is 11.2 Å². The summed E-state index contributed by atoms with van der Waals surface area (Å²) < 4.78 is 36.8. The number of nitrogens with zero attached hydrogens (tertiary/aromatic N) is 3. The molecule has 0 N–H and O–H groups in total. The van der Waals surface area contributed by atoms with Crippen LogP contribution in [-0.4, -0.2) is 70.6 Å². The van der Waals surface area contributed by atoms with Gasteiger partial charge in [-0.05, 0) is 39.5 Å². The predicted molar refractivity (Wildman–Crippen MR) is 118 cm³/mol. The fourth-order valence-electron chi connectivity index (χ4n) is 4.26. The molecule has 3 unspecified atom stereocenters. The standard InChI is InChI=1S/C22H30FN3O5S/c1-22(2,3)30-21(27)26-8-14-10-28-11-15(9-26)19(14)29-12-18-24-20(25-31-18)13-5-6-17(32-4)16(23)7-13/h5,7,14-15,17,19H,6,8-12H2,1-4H3. The van der Waals surface area contributed by atoms with Crippen molar-refractivity contribution in [1.29, 1.82) is 0 Å². The number of halogens is 1. The molecule has 0 aromatic carbocycles. The van der Waals surface area contributed by atoms with Gasteiger partial charge in [0.25, 0.3) is 5.89 Å². The number of thioether (sulfide) groups is 1. The van der Waals surface area contributed by atoms with E-state index in [2.05, 4.69) is 10.1 Å². The molecule has 0 spiro atoms. The Morgan fingerprint density at radius 1 is 1.31 bits per heavy atom. The van der Waals surface area contributed by atoms with Crippen molar-refractivity contribution in [1.82, 2.24) is 15.0 Å². The lowest BCUT2D eigenvalue weighted by Gasteiger charge is -2.46. The number of ether oxygens (including phenoxy) is 3. The van der Waals surface area contributed by atoms with Crippen LogP contribution in [0.5, 0.6) is 0 Å². The van der Waals surface area contributed by atoms with Crippen LogP contribution < -0.4 is 0 Å². The lowest BCUT2D eigenvalue weighted by molar-refractivity contribution is -0.154. The highest BCUT2D eigenvalue weighted by molar-refractivity contribution is 7.99. The molecule has 2 bridgehead atoms. The van der Waals surface area contributed by atoms with Crippen LogP contribution in [0.15, 0.2) is 22.5 Å². The maximum Gasteiger partial charge on any atom is 0.410 e. The first-order valence-corrected chi connectivity index (χ1v) is 12.1. The summed E-state index contributed by atoms with van der Waals surface area (Å²) in [5, 5.41) is 3.83. The Labute approximate surface area is 191 Å². The number of piperidine rings is 1. The zero-order valence-electron chi connectivity index (χ0n) is 18.9. The molecule has 1 amide bonds. The van der Waals surface area contributed by atoms with Crippen molar-refractivity contribution < 1.29 is 27.9 Å². The minimum atomic E-state index is -0.534. The van der Waals surface area contributed by atoms with E-state index < -0.39 is 5.60 Å². The smallest absolute Gasteiger partial charge is 0.410 e. The number of hydrogen-bond acceptors (Lipinski definition) is 8. The molecule has 10 heteroatoms. The molecule has 2 saturated heterocycles. The van der Waals surface area contributed by atoms with Gasteiger partial charge < -0.3 is 23.6 Å². The van der Waals surface area contributed by atoms with E-state index >= 15 is 0 Å². The molecular formula is C22H30FN3O5S. The second-order valence-corrected chi connectivity index (χ2v) is 10.4. The van der Waals surface area contributed by atoms with Gasteiger partial charge in [0.2, 0.25) is 5.82 Å². The lowest BCUT2D eigenvalue weighted by atomic mass is 9.84. The number of amides is 1. The second kappa shape index (κ2) is 9.52. The molecule has 0 radical (unpaired) electrons. The van der Waals surface area contributed by atoms with E-state index in [0.29, 0.717) is 50.0 Å². The Morgan fingerprint density at radius 2 is 2.03 bits per heavy atom. The summed E-state index contributed by atoms with van der Waals surface area (Å²) in [4.78, 5) is 18.6. The van der Waals surface area contributed by atoms with Crippen LogP contribution in [0.4, 0.5) is 9.18 Å². The van der Waals surface area contributed by atoms with Crippen molar-refractivity contribution in [2.75, 3.05) is 32.6 Å². The highest BCUT2D eigenvalue weighted by Crippen LogP contribution is 2.33. The largest absolute Gasteiger partial charge is 0.444 e. The van der Waals surface area contributed by atoms with Crippen LogP contribution in [0.3, 0.4) is 0 Å². The first-order valence-electron chi connectivity index (χ1n) is 10.8. The van der Waals surface area contributed by atoms with Crippen LogP contribution >= 0.6 is 11.8 Å². The molecule has 3 aliphatic rings. The molecule has 4 rings (SSSR count). The zero-order chi connectivity index (χ0) is 22.9.